The van der Waals surface area contributed by atoms with Crippen LogP contribution in [0.4, 0.5) is 13.2 Å². The number of hydrogen-bond acceptors (Lipinski definition) is 2. The summed E-state index contributed by atoms with van der Waals surface area (Å²) in [6, 6.07) is 15.7. The average Bonchev–Trinajstić information content (AvgIpc) is 2.89. The van der Waals surface area contributed by atoms with Crippen LogP contribution in [-0.4, -0.2) is 19.3 Å². The van der Waals surface area contributed by atoms with E-state index < -0.39 is 18.1 Å². The van der Waals surface area contributed by atoms with Crippen LogP contribution < -0.4 is 11.1 Å². The van der Waals surface area contributed by atoms with Crippen molar-refractivity contribution in [2.45, 2.75) is 24.4 Å². The average molecular weight is 346 g/mol. The van der Waals surface area contributed by atoms with Crippen molar-refractivity contribution < 1.29 is 13.2 Å². The molecule has 3 rings (SSSR count). The zero-order valence-corrected chi connectivity index (χ0v) is 13.9. The Balaban J connectivity index is 2.13. The van der Waals surface area contributed by atoms with Gasteiger partial charge < -0.3 is 11.1 Å². The van der Waals surface area contributed by atoms with Gasteiger partial charge in [0.2, 0.25) is 0 Å². The summed E-state index contributed by atoms with van der Waals surface area (Å²) >= 11 is 0. The fraction of sp³-hybridized carbons (Fsp3) is 0.300. The highest BCUT2D eigenvalue weighted by Crippen LogP contribution is 2.53. The highest BCUT2D eigenvalue weighted by Gasteiger charge is 2.45. The molecule has 0 heterocycles. The molecule has 0 spiro atoms. The highest BCUT2D eigenvalue weighted by atomic mass is 19.4. The first-order chi connectivity index (χ1) is 11.9. The normalized spacial score (nSPS) is 14.7. The number of allylic oxidation sites excluding steroid dienone is 1. The predicted molar refractivity (Wildman–Crippen MR) is 94.1 cm³/mol. The van der Waals surface area contributed by atoms with E-state index in [9.17, 15) is 13.2 Å². The second kappa shape index (κ2) is 6.56. The van der Waals surface area contributed by atoms with Gasteiger partial charge in [0.05, 0.1) is 5.41 Å². The van der Waals surface area contributed by atoms with E-state index in [0.29, 0.717) is 25.1 Å². The Morgan fingerprint density at radius 2 is 1.52 bits per heavy atom. The van der Waals surface area contributed by atoms with Crippen LogP contribution in [0.5, 0.6) is 0 Å². The van der Waals surface area contributed by atoms with Crippen LogP contribution in [-0.2, 0) is 5.41 Å². The number of rotatable bonds is 6. The topological polar surface area (TPSA) is 38.0 Å². The second-order valence-corrected chi connectivity index (χ2v) is 6.34. The molecule has 2 nitrogen and oxygen atoms in total. The number of alkyl halides is 3. The summed E-state index contributed by atoms with van der Waals surface area (Å²) < 4.78 is 38.2. The number of nitrogens with one attached hydrogen (secondary N) is 1. The van der Waals surface area contributed by atoms with Crippen LogP contribution >= 0.6 is 0 Å². The van der Waals surface area contributed by atoms with Crippen LogP contribution in [0, 0.1) is 0 Å². The minimum Gasteiger partial charge on any atom is -0.379 e. The molecular formula is C20H21F3N2. The number of benzene rings is 2. The molecule has 132 valence electrons. The molecule has 0 aromatic heterocycles. The van der Waals surface area contributed by atoms with E-state index in [4.69, 9.17) is 5.73 Å². The Morgan fingerprint density at radius 3 is 2.00 bits per heavy atom. The lowest BCUT2D eigenvalue weighted by atomic mass is 9.72. The zero-order valence-electron chi connectivity index (χ0n) is 13.9. The van der Waals surface area contributed by atoms with Gasteiger partial charge in [0.15, 0.2) is 0 Å². The van der Waals surface area contributed by atoms with Gasteiger partial charge in [-0.25, -0.2) is 0 Å². The summed E-state index contributed by atoms with van der Waals surface area (Å²) in [5, 5.41) is 2.54. The molecule has 1 aliphatic carbocycles. The van der Waals surface area contributed by atoms with Gasteiger partial charge in [-0.2, -0.15) is 13.2 Å². The minimum absolute atomic E-state index is 0.371. The maximum absolute atomic E-state index is 12.7. The smallest absolute Gasteiger partial charge is 0.379 e. The van der Waals surface area contributed by atoms with Crippen molar-refractivity contribution in [3.8, 4) is 11.1 Å². The van der Waals surface area contributed by atoms with Gasteiger partial charge >= 0.3 is 6.18 Å². The van der Waals surface area contributed by atoms with Crippen molar-refractivity contribution in [1.29, 1.82) is 0 Å². The maximum Gasteiger partial charge on any atom is 0.405 e. The molecule has 5 heteroatoms. The Morgan fingerprint density at radius 1 is 1.00 bits per heavy atom. The van der Waals surface area contributed by atoms with Crippen LogP contribution in [0.25, 0.3) is 11.1 Å². The molecule has 0 radical (unpaired) electrons. The molecule has 0 saturated heterocycles. The lowest BCUT2D eigenvalue weighted by Gasteiger charge is -2.35. The fourth-order valence-electron chi connectivity index (χ4n) is 3.80. The highest BCUT2D eigenvalue weighted by molar-refractivity contribution is 5.82. The van der Waals surface area contributed by atoms with Gasteiger partial charge in [-0.3, -0.25) is 0 Å². The molecule has 0 saturated carbocycles. The lowest BCUT2D eigenvalue weighted by molar-refractivity contribution is -0.123. The molecule has 25 heavy (non-hydrogen) atoms. The molecule has 3 N–H and O–H groups in total. The van der Waals surface area contributed by atoms with E-state index in [1.54, 1.807) is 0 Å². The number of hydrogen-bond donors (Lipinski definition) is 2. The van der Waals surface area contributed by atoms with Crippen molar-refractivity contribution in [3.63, 3.8) is 0 Å². The fourth-order valence-corrected chi connectivity index (χ4v) is 3.80. The van der Waals surface area contributed by atoms with E-state index in [1.165, 1.54) is 0 Å². The van der Waals surface area contributed by atoms with E-state index in [0.717, 1.165) is 22.3 Å². The first-order valence-electron chi connectivity index (χ1n) is 8.29. The van der Waals surface area contributed by atoms with E-state index >= 15 is 0 Å². The molecule has 0 bridgehead atoms. The van der Waals surface area contributed by atoms with Crippen molar-refractivity contribution >= 4 is 0 Å². The third-order valence-electron chi connectivity index (χ3n) is 4.84. The zero-order chi connectivity index (χ0) is 18.1. The summed E-state index contributed by atoms with van der Waals surface area (Å²) in [7, 11) is 0. The predicted octanol–water partition coefficient (Wildman–Crippen LogP) is 4.36. The van der Waals surface area contributed by atoms with Gasteiger partial charge in [-0.1, -0.05) is 55.1 Å². The molecule has 0 fully saturated rings. The van der Waals surface area contributed by atoms with Gasteiger partial charge in [0.1, 0.15) is 6.54 Å². The summed E-state index contributed by atoms with van der Waals surface area (Å²) in [6.45, 7) is 3.38. The van der Waals surface area contributed by atoms with Crippen LogP contribution in [0.1, 0.15) is 24.0 Å². The number of halogens is 3. The quantitative estimate of drug-likeness (QED) is 0.816. The molecular weight excluding hydrogens is 325 g/mol. The summed E-state index contributed by atoms with van der Waals surface area (Å²) in [4.78, 5) is 0. The number of fused-ring (bicyclic) bond motifs is 3. The van der Waals surface area contributed by atoms with Crippen molar-refractivity contribution in [2.24, 2.45) is 5.73 Å². The molecule has 2 aromatic rings. The van der Waals surface area contributed by atoms with Gasteiger partial charge in [-0.05, 0) is 41.6 Å². The Kier molecular flexibility index (Phi) is 4.60. The van der Waals surface area contributed by atoms with E-state index in [1.807, 2.05) is 48.5 Å². The van der Waals surface area contributed by atoms with Crippen LogP contribution in [0.2, 0.25) is 0 Å². The van der Waals surface area contributed by atoms with Crippen molar-refractivity contribution in [2.75, 3.05) is 13.1 Å². The Bertz CT molecular complexity index is 735. The maximum atomic E-state index is 12.7. The first kappa shape index (κ1) is 17.5. The van der Waals surface area contributed by atoms with Crippen LogP contribution in [0.15, 0.2) is 60.8 Å². The first-order valence-corrected chi connectivity index (χ1v) is 8.29. The second-order valence-electron chi connectivity index (χ2n) is 6.34. The van der Waals surface area contributed by atoms with Crippen LogP contribution in [0.3, 0.4) is 0 Å². The van der Waals surface area contributed by atoms with E-state index in [-0.39, 0.29) is 0 Å². The third kappa shape index (κ3) is 3.04. The SMILES string of the molecule is C=C(NCC(F)(F)F)C1(CCCN)c2ccccc2-c2ccccc21. The monoisotopic (exact) mass is 346 g/mol. The molecule has 2 aromatic carbocycles. The molecule has 0 aliphatic heterocycles. The summed E-state index contributed by atoms with van der Waals surface area (Å²) in [6.07, 6.45) is -2.99. The van der Waals surface area contributed by atoms with Crippen molar-refractivity contribution in [3.05, 3.63) is 71.9 Å². The van der Waals surface area contributed by atoms with E-state index in [2.05, 4.69) is 11.9 Å². The van der Waals surface area contributed by atoms with Gasteiger partial charge in [0.25, 0.3) is 0 Å². The Labute approximate surface area is 145 Å². The molecule has 0 amide bonds. The molecule has 0 atom stereocenters. The lowest BCUT2D eigenvalue weighted by Crippen LogP contribution is -2.39. The van der Waals surface area contributed by atoms with Crippen molar-refractivity contribution in [1.82, 2.24) is 5.32 Å². The standard InChI is InChI=1S/C20H21F3N2/c1-14(25-13-20(21,22)23)19(11-6-12-24)17-9-4-2-7-15(17)16-8-3-5-10-18(16)19/h2-5,7-10,25H,1,6,11-13,24H2. The van der Waals surface area contributed by atoms with Gasteiger partial charge in [0, 0.05) is 5.70 Å². The third-order valence-corrected chi connectivity index (χ3v) is 4.84. The molecule has 0 unspecified atom stereocenters. The minimum atomic E-state index is -4.30. The largest absolute Gasteiger partial charge is 0.405 e. The Hall–Kier alpha value is -2.27. The summed E-state index contributed by atoms with van der Waals surface area (Å²) in [5.41, 5.74) is 9.47. The molecule has 1 aliphatic rings. The summed E-state index contributed by atoms with van der Waals surface area (Å²) in [5.74, 6) is 0. The van der Waals surface area contributed by atoms with Gasteiger partial charge in [-0.15, -0.1) is 0 Å². The number of nitrogens with two attached hydrogens (primary N) is 1.